The summed E-state index contributed by atoms with van der Waals surface area (Å²) >= 11 is 12.4. The Morgan fingerprint density at radius 3 is 2.30 bits per heavy atom. The number of hydrogen-bond donors (Lipinski definition) is 1. The van der Waals surface area contributed by atoms with E-state index in [4.69, 9.17) is 32.7 Å². The van der Waals surface area contributed by atoms with E-state index in [1.807, 2.05) is 13.8 Å². The van der Waals surface area contributed by atoms with Gasteiger partial charge in [0, 0.05) is 17.5 Å². The van der Waals surface area contributed by atoms with Gasteiger partial charge in [0.15, 0.2) is 0 Å². The Balaban J connectivity index is 2.34. The maximum Gasteiger partial charge on any atom is 0.138 e. The molecule has 20 heavy (non-hydrogen) atoms. The van der Waals surface area contributed by atoms with Crippen molar-refractivity contribution >= 4 is 23.2 Å². The van der Waals surface area contributed by atoms with Gasteiger partial charge in [0.25, 0.3) is 0 Å². The fourth-order valence-electron chi connectivity index (χ4n) is 2.97. The second kappa shape index (κ2) is 6.10. The molecule has 1 heterocycles. The molecule has 112 valence electrons. The van der Waals surface area contributed by atoms with E-state index >= 15 is 0 Å². The van der Waals surface area contributed by atoms with Crippen LogP contribution < -0.4 is 4.74 Å². The van der Waals surface area contributed by atoms with Crippen LogP contribution in [0.1, 0.15) is 32.4 Å². The van der Waals surface area contributed by atoms with Gasteiger partial charge in [0.2, 0.25) is 0 Å². The SMILES string of the molecule is COc1cc(Cl)c(C(O)C2C(C)OC(C)C2C)cc1Cl. The lowest BCUT2D eigenvalue weighted by molar-refractivity contribution is 0.0231. The van der Waals surface area contributed by atoms with Crippen molar-refractivity contribution in [2.45, 2.75) is 39.1 Å². The average molecular weight is 319 g/mol. The smallest absolute Gasteiger partial charge is 0.138 e. The standard InChI is InChI=1S/C15H20Cl2O3/c1-7-8(2)20-9(3)14(7)15(18)10-5-12(17)13(19-4)6-11(10)16/h5-9,14-15,18H,1-4H3. The molecule has 0 aromatic heterocycles. The lowest BCUT2D eigenvalue weighted by Crippen LogP contribution is -2.25. The van der Waals surface area contributed by atoms with Crippen molar-refractivity contribution < 1.29 is 14.6 Å². The van der Waals surface area contributed by atoms with E-state index in [-0.39, 0.29) is 24.0 Å². The maximum absolute atomic E-state index is 10.7. The topological polar surface area (TPSA) is 38.7 Å². The van der Waals surface area contributed by atoms with Gasteiger partial charge in [0.1, 0.15) is 5.75 Å². The van der Waals surface area contributed by atoms with Crippen LogP contribution in [0, 0.1) is 11.8 Å². The summed E-state index contributed by atoms with van der Waals surface area (Å²) in [7, 11) is 1.53. The molecule has 0 radical (unpaired) electrons. The summed E-state index contributed by atoms with van der Waals surface area (Å²) in [5.41, 5.74) is 0.624. The molecule has 1 fully saturated rings. The molecule has 1 N–H and O–H groups in total. The van der Waals surface area contributed by atoms with Crippen molar-refractivity contribution in [2.75, 3.05) is 7.11 Å². The van der Waals surface area contributed by atoms with E-state index in [9.17, 15) is 5.11 Å². The molecule has 5 atom stereocenters. The maximum atomic E-state index is 10.7. The minimum atomic E-state index is -0.708. The molecular formula is C15H20Cl2O3. The van der Waals surface area contributed by atoms with Crippen molar-refractivity contribution in [2.24, 2.45) is 11.8 Å². The molecule has 0 bridgehead atoms. The average Bonchev–Trinajstić information content (AvgIpc) is 2.65. The van der Waals surface area contributed by atoms with Gasteiger partial charge in [-0.3, -0.25) is 0 Å². The largest absolute Gasteiger partial charge is 0.495 e. The van der Waals surface area contributed by atoms with Gasteiger partial charge in [0.05, 0.1) is 35.5 Å². The van der Waals surface area contributed by atoms with Crippen LogP contribution in [-0.2, 0) is 4.74 Å². The monoisotopic (exact) mass is 318 g/mol. The highest BCUT2D eigenvalue weighted by atomic mass is 35.5. The lowest BCUT2D eigenvalue weighted by Gasteiger charge is -2.26. The summed E-state index contributed by atoms with van der Waals surface area (Å²) in [6.07, 6.45) is -0.607. The van der Waals surface area contributed by atoms with E-state index in [2.05, 4.69) is 6.92 Å². The van der Waals surface area contributed by atoms with Crippen molar-refractivity contribution in [3.63, 3.8) is 0 Å². The van der Waals surface area contributed by atoms with Crippen LogP contribution in [0.25, 0.3) is 0 Å². The summed E-state index contributed by atoms with van der Waals surface area (Å²) in [6, 6.07) is 3.31. The number of methoxy groups -OCH3 is 1. The minimum Gasteiger partial charge on any atom is -0.495 e. The fourth-order valence-corrected chi connectivity index (χ4v) is 3.49. The molecule has 0 spiro atoms. The number of aliphatic hydroxyl groups excluding tert-OH is 1. The summed E-state index contributed by atoms with van der Waals surface area (Å²) in [6.45, 7) is 6.09. The van der Waals surface area contributed by atoms with Crippen LogP contribution in [0.3, 0.4) is 0 Å². The second-order valence-electron chi connectivity index (χ2n) is 5.44. The third-order valence-electron chi connectivity index (χ3n) is 4.27. The number of rotatable bonds is 3. The summed E-state index contributed by atoms with van der Waals surface area (Å²) in [5.74, 6) is 0.744. The first-order valence-corrected chi connectivity index (χ1v) is 7.48. The molecule has 1 aliphatic heterocycles. The van der Waals surface area contributed by atoms with Crippen molar-refractivity contribution in [3.05, 3.63) is 27.7 Å². The molecular weight excluding hydrogens is 299 g/mol. The first-order valence-electron chi connectivity index (χ1n) is 6.73. The third-order valence-corrected chi connectivity index (χ3v) is 4.90. The normalized spacial score (nSPS) is 31.4. The summed E-state index contributed by atoms with van der Waals surface area (Å²) in [5, 5.41) is 11.6. The number of hydrogen-bond acceptors (Lipinski definition) is 3. The molecule has 5 unspecified atom stereocenters. The molecule has 1 saturated heterocycles. The Morgan fingerprint density at radius 1 is 1.15 bits per heavy atom. The summed E-state index contributed by atoms with van der Waals surface area (Å²) in [4.78, 5) is 0. The molecule has 0 amide bonds. The Morgan fingerprint density at radius 2 is 1.80 bits per heavy atom. The zero-order valence-corrected chi connectivity index (χ0v) is 13.6. The zero-order chi connectivity index (χ0) is 15.0. The van der Waals surface area contributed by atoms with Gasteiger partial charge in [-0.05, 0) is 25.8 Å². The zero-order valence-electron chi connectivity index (χ0n) is 12.1. The molecule has 3 nitrogen and oxygen atoms in total. The van der Waals surface area contributed by atoms with Crippen LogP contribution in [0.5, 0.6) is 5.75 Å². The predicted octanol–water partition coefficient (Wildman–Crippen LogP) is 4.09. The predicted molar refractivity (Wildman–Crippen MR) is 80.6 cm³/mol. The first-order chi connectivity index (χ1) is 9.36. The van der Waals surface area contributed by atoms with Gasteiger partial charge < -0.3 is 14.6 Å². The molecule has 2 rings (SSSR count). The van der Waals surface area contributed by atoms with Crippen molar-refractivity contribution in [1.82, 2.24) is 0 Å². The number of ether oxygens (including phenoxy) is 2. The minimum absolute atomic E-state index is 0.00744. The first kappa shape index (κ1) is 15.9. The van der Waals surface area contributed by atoms with E-state index in [1.54, 1.807) is 12.1 Å². The van der Waals surface area contributed by atoms with E-state index in [0.717, 1.165) is 0 Å². The molecule has 0 aliphatic carbocycles. The van der Waals surface area contributed by atoms with Gasteiger partial charge in [-0.2, -0.15) is 0 Å². The van der Waals surface area contributed by atoms with Crippen LogP contribution in [0.2, 0.25) is 10.0 Å². The molecule has 1 aliphatic rings. The van der Waals surface area contributed by atoms with Crippen LogP contribution in [0.15, 0.2) is 12.1 Å². The van der Waals surface area contributed by atoms with Gasteiger partial charge >= 0.3 is 0 Å². The van der Waals surface area contributed by atoms with E-state index < -0.39 is 6.10 Å². The summed E-state index contributed by atoms with van der Waals surface area (Å²) < 4.78 is 10.9. The molecule has 0 saturated carbocycles. The fraction of sp³-hybridized carbons (Fsp3) is 0.600. The number of benzene rings is 1. The second-order valence-corrected chi connectivity index (χ2v) is 6.25. The highest BCUT2D eigenvalue weighted by molar-refractivity contribution is 6.34. The van der Waals surface area contributed by atoms with Gasteiger partial charge in [-0.15, -0.1) is 0 Å². The van der Waals surface area contributed by atoms with Crippen LogP contribution in [0.4, 0.5) is 0 Å². The van der Waals surface area contributed by atoms with Crippen LogP contribution in [-0.4, -0.2) is 24.4 Å². The Kier molecular flexibility index (Phi) is 4.85. The highest BCUT2D eigenvalue weighted by Crippen LogP contribution is 2.44. The Labute approximate surface area is 129 Å². The van der Waals surface area contributed by atoms with Gasteiger partial charge in [-0.1, -0.05) is 30.1 Å². The van der Waals surface area contributed by atoms with Crippen molar-refractivity contribution in [3.8, 4) is 5.75 Å². The van der Waals surface area contributed by atoms with E-state index in [0.29, 0.717) is 21.4 Å². The third kappa shape index (κ3) is 2.77. The molecule has 1 aromatic rings. The Hall–Kier alpha value is -0.480. The number of aliphatic hydroxyl groups is 1. The van der Waals surface area contributed by atoms with E-state index in [1.165, 1.54) is 7.11 Å². The number of halogens is 2. The van der Waals surface area contributed by atoms with Crippen molar-refractivity contribution in [1.29, 1.82) is 0 Å². The molecule has 5 heteroatoms. The lowest BCUT2D eigenvalue weighted by atomic mass is 9.82. The van der Waals surface area contributed by atoms with Crippen LogP contribution >= 0.6 is 23.2 Å². The molecule has 1 aromatic carbocycles. The van der Waals surface area contributed by atoms with Gasteiger partial charge in [-0.25, -0.2) is 0 Å². The Bertz CT molecular complexity index is 492. The quantitative estimate of drug-likeness (QED) is 0.912. The highest BCUT2D eigenvalue weighted by Gasteiger charge is 2.42.